The average molecular weight is 1100 g/mol. The molecule has 6 nitrogen and oxygen atoms in total. The van der Waals surface area contributed by atoms with Crippen molar-refractivity contribution in [1.29, 1.82) is 0 Å². The summed E-state index contributed by atoms with van der Waals surface area (Å²) in [5.74, 6) is -0.817. The fourth-order valence-electron chi connectivity index (χ4n) is 11.5. The van der Waals surface area contributed by atoms with Gasteiger partial charge in [-0.1, -0.05) is 387 Å². The standard InChI is InChI=1S/C72H140O6/c1-4-7-10-13-16-19-22-25-28-31-33-34-35-36-37-38-40-41-44-47-50-53-56-59-62-65-71(74)77-68-69(67-76-70(73)64-61-58-55-52-49-46-43-30-27-24-21-18-15-12-9-6-3)78-72(75)66-63-60-57-54-51-48-45-42-39-32-29-26-23-20-17-14-11-8-5-2/h69H,4-68H2,1-3H3. The lowest BCUT2D eigenvalue weighted by Gasteiger charge is -2.18. The van der Waals surface area contributed by atoms with Gasteiger partial charge in [-0.15, -0.1) is 0 Å². The van der Waals surface area contributed by atoms with Gasteiger partial charge in [0.05, 0.1) is 0 Å². The molecular formula is C72H140O6. The van der Waals surface area contributed by atoms with Crippen LogP contribution in [0.15, 0.2) is 0 Å². The zero-order chi connectivity index (χ0) is 56.4. The van der Waals surface area contributed by atoms with Crippen molar-refractivity contribution < 1.29 is 28.6 Å². The molecule has 0 aromatic carbocycles. The summed E-state index contributed by atoms with van der Waals surface area (Å²) in [5.41, 5.74) is 0. The van der Waals surface area contributed by atoms with Crippen LogP contribution >= 0.6 is 0 Å². The molecule has 0 aliphatic heterocycles. The highest BCUT2D eigenvalue weighted by Gasteiger charge is 2.20. The Morgan fingerprint density at radius 3 is 0.513 bits per heavy atom. The van der Waals surface area contributed by atoms with Crippen LogP contribution in [0.4, 0.5) is 0 Å². The van der Waals surface area contributed by atoms with Gasteiger partial charge in [0.15, 0.2) is 6.10 Å². The van der Waals surface area contributed by atoms with Gasteiger partial charge in [0.25, 0.3) is 0 Å². The predicted molar refractivity (Wildman–Crippen MR) is 340 cm³/mol. The molecule has 0 aromatic heterocycles. The number of rotatable bonds is 68. The van der Waals surface area contributed by atoms with E-state index in [0.717, 1.165) is 57.8 Å². The second-order valence-corrected chi connectivity index (χ2v) is 24.9. The molecule has 0 spiro atoms. The molecule has 0 saturated heterocycles. The summed E-state index contributed by atoms with van der Waals surface area (Å²) in [7, 11) is 0. The van der Waals surface area contributed by atoms with Crippen molar-refractivity contribution in [2.45, 2.75) is 431 Å². The first-order valence-electron chi connectivity index (χ1n) is 36.0. The molecule has 0 radical (unpaired) electrons. The summed E-state index contributed by atoms with van der Waals surface area (Å²) < 4.78 is 17.0. The van der Waals surface area contributed by atoms with Crippen molar-refractivity contribution in [3.63, 3.8) is 0 Å². The normalized spacial score (nSPS) is 11.9. The first-order valence-corrected chi connectivity index (χ1v) is 36.0. The Kier molecular flexibility index (Phi) is 66.5. The molecule has 0 bridgehead atoms. The van der Waals surface area contributed by atoms with Crippen LogP contribution in [0.1, 0.15) is 425 Å². The number of carbonyl (C=O) groups is 3. The van der Waals surface area contributed by atoms with E-state index in [1.807, 2.05) is 0 Å². The van der Waals surface area contributed by atoms with E-state index in [2.05, 4.69) is 20.8 Å². The van der Waals surface area contributed by atoms with Crippen LogP contribution in [0.5, 0.6) is 0 Å². The maximum atomic E-state index is 13.0. The monoisotopic (exact) mass is 1100 g/mol. The summed E-state index contributed by atoms with van der Waals surface area (Å²) in [6.45, 7) is 6.75. The largest absolute Gasteiger partial charge is 0.462 e. The van der Waals surface area contributed by atoms with Gasteiger partial charge in [0, 0.05) is 19.3 Å². The summed E-state index contributed by atoms with van der Waals surface area (Å²) in [5, 5.41) is 0. The zero-order valence-corrected chi connectivity index (χ0v) is 53.5. The third-order valence-corrected chi connectivity index (χ3v) is 16.9. The van der Waals surface area contributed by atoms with Crippen molar-refractivity contribution in [3.8, 4) is 0 Å². The highest BCUT2D eigenvalue weighted by atomic mass is 16.6. The number of unbranched alkanes of at least 4 members (excludes halogenated alkanes) is 57. The molecule has 0 rings (SSSR count). The lowest BCUT2D eigenvalue weighted by molar-refractivity contribution is -0.167. The van der Waals surface area contributed by atoms with Crippen molar-refractivity contribution in [2.75, 3.05) is 13.2 Å². The van der Waals surface area contributed by atoms with Crippen molar-refractivity contribution in [1.82, 2.24) is 0 Å². The second kappa shape index (κ2) is 67.9. The Balaban J connectivity index is 4.22. The number of hydrogen-bond acceptors (Lipinski definition) is 6. The zero-order valence-electron chi connectivity index (χ0n) is 53.5. The predicted octanol–water partition coefficient (Wildman–Crippen LogP) is 24.6. The molecule has 0 fully saturated rings. The van der Waals surface area contributed by atoms with Crippen LogP contribution in [0.3, 0.4) is 0 Å². The number of ether oxygens (including phenoxy) is 3. The van der Waals surface area contributed by atoms with Crippen LogP contribution in [-0.4, -0.2) is 37.2 Å². The maximum Gasteiger partial charge on any atom is 0.306 e. The van der Waals surface area contributed by atoms with Crippen LogP contribution in [-0.2, 0) is 28.6 Å². The number of hydrogen-bond donors (Lipinski definition) is 0. The van der Waals surface area contributed by atoms with Crippen molar-refractivity contribution >= 4 is 17.9 Å². The van der Waals surface area contributed by atoms with Gasteiger partial charge in [-0.05, 0) is 19.3 Å². The number of esters is 3. The van der Waals surface area contributed by atoms with Gasteiger partial charge in [-0.3, -0.25) is 14.4 Å². The summed E-state index contributed by atoms with van der Waals surface area (Å²) in [6, 6.07) is 0. The highest BCUT2D eigenvalue weighted by molar-refractivity contribution is 5.71. The third kappa shape index (κ3) is 65.2. The third-order valence-electron chi connectivity index (χ3n) is 16.9. The average Bonchev–Trinajstić information content (AvgIpc) is 3.44. The molecule has 0 aliphatic carbocycles. The Labute approximate surface area is 488 Å². The van der Waals surface area contributed by atoms with Gasteiger partial charge < -0.3 is 14.2 Å². The van der Waals surface area contributed by atoms with Crippen LogP contribution in [0.25, 0.3) is 0 Å². The van der Waals surface area contributed by atoms with E-state index in [1.54, 1.807) is 0 Å². The summed E-state index contributed by atoms with van der Waals surface area (Å²) in [6.07, 6.45) is 79.9. The lowest BCUT2D eigenvalue weighted by atomic mass is 10.0. The molecule has 0 amide bonds. The molecule has 78 heavy (non-hydrogen) atoms. The van der Waals surface area contributed by atoms with Gasteiger partial charge in [-0.2, -0.15) is 0 Å². The van der Waals surface area contributed by atoms with Crippen LogP contribution in [0.2, 0.25) is 0 Å². The van der Waals surface area contributed by atoms with E-state index >= 15 is 0 Å². The van der Waals surface area contributed by atoms with Gasteiger partial charge >= 0.3 is 17.9 Å². The van der Waals surface area contributed by atoms with Gasteiger partial charge in [-0.25, -0.2) is 0 Å². The Bertz CT molecular complexity index is 1170. The first-order chi connectivity index (χ1) is 38.5. The Hall–Kier alpha value is -1.59. The molecule has 1 unspecified atom stereocenters. The Morgan fingerprint density at radius 2 is 0.346 bits per heavy atom. The van der Waals surface area contributed by atoms with Crippen molar-refractivity contribution in [2.24, 2.45) is 0 Å². The molecule has 1 atom stereocenters. The van der Waals surface area contributed by atoms with Gasteiger partial charge in [0.2, 0.25) is 0 Å². The fraction of sp³-hybridized carbons (Fsp3) is 0.958. The molecule has 0 aromatic rings. The minimum absolute atomic E-state index is 0.0600. The highest BCUT2D eigenvalue weighted by Crippen LogP contribution is 2.20. The topological polar surface area (TPSA) is 78.9 Å². The minimum atomic E-state index is -0.763. The van der Waals surface area contributed by atoms with E-state index in [0.29, 0.717) is 19.3 Å². The van der Waals surface area contributed by atoms with Crippen molar-refractivity contribution in [3.05, 3.63) is 0 Å². The SMILES string of the molecule is CCCCCCCCCCCCCCCCCCCCCCCCCCCC(=O)OCC(COC(=O)CCCCCCCCCCCCCCCCCC)OC(=O)CCCCCCCCCCCCCCCCCCCCC. The summed E-state index contributed by atoms with van der Waals surface area (Å²) in [4.78, 5) is 38.5. The summed E-state index contributed by atoms with van der Waals surface area (Å²) >= 11 is 0. The van der Waals surface area contributed by atoms with E-state index < -0.39 is 6.10 Å². The molecule has 464 valence electrons. The molecular weight excluding hydrogens is 961 g/mol. The molecule has 6 heteroatoms. The van der Waals surface area contributed by atoms with E-state index in [9.17, 15) is 14.4 Å². The van der Waals surface area contributed by atoms with E-state index in [1.165, 1.54) is 327 Å². The first kappa shape index (κ1) is 76.4. The lowest BCUT2D eigenvalue weighted by Crippen LogP contribution is -2.30. The second-order valence-electron chi connectivity index (χ2n) is 24.9. The van der Waals surface area contributed by atoms with E-state index in [-0.39, 0.29) is 31.1 Å². The molecule has 0 heterocycles. The molecule has 0 saturated carbocycles. The minimum Gasteiger partial charge on any atom is -0.462 e. The van der Waals surface area contributed by atoms with Gasteiger partial charge in [0.1, 0.15) is 13.2 Å². The molecule has 0 N–H and O–H groups in total. The van der Waals surface area contributed by atoms with Crippen LogP contribution < -0.4 is 0 Å². The smallest absolute Gasteiger partial charge is 0.306 e. The fourth-order valence-corrected chi connectivity index (χ4v) is 11.5. The quantitative estimate of drug-likeness (QED) is 0.0343. The van der Waals surface area contributed by atoms with Crippen LogP contribution in [0, 0.1) is 0 Å². The number of carbonyl (C=O) groups excluding carboxylic acids is 3. The van der Waals surface area contributed by atoms with E-state index in [4.69, 9.17) is 14.2 Å². The molecule has 0 aliphatic rings. The maximum absolute atomic E-state index is 13.0. The Morgan fingerprint density at radius 1 is 0.205 bits per heavy atom.